The number of benzene rings is 1. The zero-order chi connectivity index (χ0) is 20.3. The highest BCUT2D eigenvalue weighted by molar-refractivity contribution is 7.80. The second-order valence-electron chi connectivity index (χ2n) is 6.07. The van der Waals surface area contributed by atoms with Gasteiger partial charge in [-0.15, -0.1) is 0 Å². The van der Waals surface area contributed by atoms with E-state index in [9.17, 15) is 13.2 Å². The molecule has 0 atom stereocenters. The van der Waals surface area contributed by atoms with Crippen molar-refractivity contribution in [2.75, 3.05) is 5.32 Å². The predicted octanol–water partition coefficient (Wildman–Crippen LogP) is 6.25. The van der Waals surface area contributed by atoms with E-state index < -0.39 is 11.7 Å². The summed E-state index contributed by atoms with van der Waals surface area (Å²) >= 11 is 11.3. The summed E-state index contributed by atoms with van der Waals surface area (Å²) < 4.78 is 50.9. The Morgan fingerprint density at radius 1 is 1.14 bits per heavy atom. The van der Waals surface area contributed by atoms with Gasteiger partial charge >= 0.3 is 6.18 Å². The van der Waals surface area contributed by atoms with Crippen LogP contribution in [0, 0.1) is 6.92 Å². The van der Waals surface area contributed by atoms with Gasteiger partial charge in [-0.3, -0.25) is 0 Å². The molecular weight excluding hydrogens is 413 g/mol. The first-order chi connectivity index (χ1) is 13.2. The van der Waals surface area contributed by atoms with Crippen LogP contribution in [0.3, 0.4) is 0 Å². The van der Waals surface area contributed by atoms with Crippen LogP contribution >= 0.6 is 23.8 Å². The molecule has 0 radical (unpaired) electrons. The van der Waals surface area contributed by atoms with Gasteiger partial charge in [-0.1, -0.05) is 11.6 Å². The Morgan fingerprint density at radius 3 is 2.50 bits per heavy atom. The van der Waals surface area contributed by atoms with Crippen molar-refractivity contribution in [3.8, 4) is 0 Å². The molecule has 2 aromatic heterocycles. The van der Waals surface area contributed by atoms with E-state index in [2.05, 4.69) is 5.32 Å². The molecule has 0 amide bonds. The zero-order valence-electron chi connectivity index (χ0n) is 14.7. The maximum Gasteiger partial charge on any atom is 0.418 e. The summed E-state index contributed by atoms with van der Waals surface area (Å²) in [5.74, 6) is 1.95. The van der Waals surface area contributed by atoms with Crippen molar-refractivity contribution in [2.45, 2.75) is 26.2 Å². The minimum atomic E-state index is -4.55. The number of thiocarbonyl (C=S) groups is 1. The Labute approximate surface area is 169 Å². The number of hydrogen-bond acceptors (Lipinski definition) is 3. The lowest BCUT2D eigenvalue weighted by Gasteiger charge is -2.25. The molecule has 0 aliphatic rings. The normalized spacial score (nSPS) is 11.5. The Balaban J connectivity index is 1.86. The van der Waals surface area contributed by atoms with Crippen molar-refractivity contribution in [1.82, 2.24) is 4.90 Å². The first-order valence-electron chi connectivity index (χ1n) is 8.23. The number of rotatable bonds is 5. The standard InChI is InChI=1S/C19H16ClF3N2O2S/c1-12-4-6-15(27-12)11-25(10-14-3-2-8-26-14)18(28)24-17-9-13(20)5-7-16(17)19(21,22)23/h2-9H,10-11H2,1H3,(H,24,28). The molecule has 0 unspecified atom stereocenters. The third kappa shape index (κ3) is 5.08. The van der Waals surface area contributed by atoms with Crippen LogP contribution in [0.4, 0.5) is 18.9 Å². The number of halogens is 4. The average Bonchev–Trinajstić information content (AvgIpc) is 3.25. The van der Waals surface area contributed by atoms with E-state index in [1.54, 1.807) is 36.1 Å². The van der Waals surface area contributed by atoms with Gasteiger partial charge in [0.25, 0.3) is 0 Å². The highest BCUT2D eigenvalue weighted by atomic mass is 35.5. The fraction of sp³-hybridized carbons (Fsp3) is 0.211. The molecule has 1 N–H and O–H groups in total. The third-order valence-corrected chi connectivity index (χ3v) is 4.48. The molecule has 0 aliphatic carbocycles. The van der Waals surface area contributed by atoms with Crippen molar-refractivity contribution < 1.29 is 22.0 Å². The molecule has 28 heavy (non-hydrogen) atoms. The van der Waals surface area contributed by atoms with Crippen molar-refractivity contribution in [2.24, 2.45) is 0 Å². The smallest absolute Gasteiger partial charge is 0.418 e. The molecule has 0 bridgehead atoms. The monoisotopic (exact) mass is 428 g/mol. The third-order valence-electron chi connectivity index (χ3n) is 3.89. The van der Waals surface area contributed by atoms with Crippen LogP contribution < -0.4 is 5.32 Å². The number of nitrogens with one attached hydrogen (secondary N) is 1. The molecular formula is C19H16ClF3N2O2S. The summed E-state index contributed by atoms with van der Waals surface area (Å²) in [5, 5.41) is 2.91. The highest BCUT2D eigenvalue weighted by Crippen LogP contribution is 2.36. The molecule has 4 nitrogen and oxygen atoms in total. The molecule has 3 rings (SSSR count). The van der Waals surface area contributed by atoms with Gasteiger partial charge in [0.2, 0.25) is 0 Å². The zero-order valence-corrected chi connectivity index (χ0v) is 16.3. The molecule has 9 heteroatoms. The lowest BCUT2D eigenvalue weighted by molar-refractivity contribution is -0.136. The summed E-state index contributed by atoms with van der Waals surface area (Å²) in [6.45, 7) is 2.31. The minimum Gasteiger partial charge on any atom is -0.467 e. The second-order valence-corrected chi connectivity index (χ2v) is 6.89. The largest absolute Gasteiger partial charge is 0.467 e. The number of furan rings is 2. The number of nitrogens with zero attached hydrogens (tertiary/aromatic N) is 1. The highest BCUT2D eigenvalue weighted by Gasteiger charge is 2.34. The number of anilines is 1. The van der Waals surface area contributed by atoms with Gasteiger partial charge < -0.3 is 19.1 Å². The first-order valence-corrected chi connectivity index (χ1v) is 9.01. The van der Waals surface area contributed by atoms with Crippen LogP contribution in [0.15, 0.2) is 57.6 Å². The summed E-state index contributed by atoms with van der Waals surface area (Å²) in [6.07, 6.45) is -3.04. The van der Waals surface area contributed by atoms with E-state index in [1.807, 2.05) is 0 Å². The predicted molar refractivity (Wildman–Crippen MR) is 104 cm³/mol. The van der Waals surface area contributed by atoms with Crippen molar-refractivity contribution >= 4 is 34.6 Å². The second kappa shape index (κ2) is 8.28. The maximum absolute atomic E-state index is 13.3. The molecule has 0 fully saturated rings. The quantitative estimate of drug-likeness (QED) is 0.486. The number of alkyl halides is 3. The number of aryl methyl sites for hydroxylation is 1. The molecule has 0 saturated carbocycles. The Bertz CT molecular complexity index is 954. The first kappa shape index (κ1) is 20.3. The molecule has 0 aliphatic heterocycles. The SMILES string of the molecule is Cc1ccc(CN(Cc2ccco2)C(=S)Nc2cc(Cl)ccc2C(F)(F)F)o1. The number of hydrogen-bond donors (Lipinski definition) is 1. The van der Waals surface area contributed by atoms with Crippen LogP contribution in [-0.2, 0) is 19.3 Å². The molecule has 148 valence electrons. The van der Waals surface area contributed by atoms with E-state index >= 15 is 0 Å². The van der Waals surface area contributed by atoms with Gasteiger partial charge in [-0.25, -0.2) is 0 Å². The topological polar surface area (TPSA) is 41.6 Å². The van der Waals surface area contributed by atoms with Gasteiger partial charge in [0.15, 0.2) is 5.11 Å². The van der Waals surface area contributed by atoms with E-state index in [0.29, 0.717) is 11.5 Å². The van der Waals surface area contributed by atoms with E-state index in [0.717, 1.165) is 11.8 Å². The Kier molecular flexibility index (Phi) is 6.00. The van der Waals surface area contributed by atoms with Gasteiger partial charge in [0, 0.05) is 5.02 Å². The van der Waals surface area contributed by atoms with Crippen molar-refractivity contribution in [3.63, 3.8) is 0 Å². The molecule has 3 aromatic rings. The van der Waals surface area contributed by atoms with Crippen molar-refractivity contribution in [1.29, 1.82) is 0 Å². The van der Waals surface area contributed by atoms with E-state index in [4.69, 9.17) is 32.7 Å². The van der Waals surface area contributed by atoms with Crippen LogP contribution in [0.1, 0.15) is 22.8 Å². The van der Waals surface area contributed by atoms with Gasteiger partial charge in [0.05, 0.1) is 30.6 Å². The van der Waals surface area contributed by atoms with Crippen LogP contribution in [-0.4, -0.2) is 10.0 Å². The average molecular weight is 429 g/mol. The molecule has 0 spiro atoms. The van der Waals surface area contributed by atoms with Crippen LogP contribution in [0.25, 0.3) is 0 Å². The lowest BCUT2D eigenvalue weighted by Crippen LogP contribution is -2.34. The van der Waals surface area contributed by atoms with Gasteiger partial charge in [-0.05, 0) is 61.6 Å². The fourth-order valence-corrected chi connectivity index (χ4v) is 3.02. The Morgan fingerprint density at radius 2 is 1.89 bits per heavy atom. The Hall–Kier alpha value is -2.45. The van der Waals surface area contributed by atoms with Crippen LogP contribution in [0.2, 0.25) is 5.02 Å². The van der Waals surface area contributed by atoms with E-state index in [1.165, 1.54) is 18.4 Å². The van der Waals surface area contributed by atoms with Gasteiger partial charge in [-0.2, -0.15) is 13.2 Å². The summed E-state index contributed by atoms with van der Waals surface area (Å²) in [7, 11) is 0. The fourth-order valence-electron chi connectivity index (χ4n) is 2.61. The van der Waals surface area contributed by atoms with E-state index in [-0.39, 0.29) is 28.9 Å². The minimum absolute atomic E-state index is 0.0817. The van der Waals surface area contributed by atoms with Crippen LogP contribution in [0.5, 0.6) is 0 Å². The van der Waals surface area contributed by atoms with Crippen molar-refractivity contribution in [3.05, 3.63) is 76.6 Å². The molecule has 1 aromatic carbocycles. The maximum atomic E-state index is 13.3. The summed E-state index contributed by atoms with van der Waals surface area (Å²) in [6, 6.07) is 10.4. The summed E-state index contributed by atoms with van der Waals surface area (Å²) in [5.41, 5.74) is -1.07. The lowest BCUT2D eigenvalue weighted by atomic mass is 10.1. The summed E-state index contributed by atoms with van der Waals surface area (Å²) in [4.78, 5) is 1.65. The molecule has 2 heterocycles. The molecule has 0 saturated heterocycles. The van der Waals surface area contributed by atoms with Gasteiger partial charge in [0.1, 0.15) is 17.3 Å².